The van der Waals surface area contributed by atoms with Crippen molar-refractivity contribution in [2.75, 3.05) is 26.3 Å². The van der Waals surface area contributed by atoms with E-state index in [9.17, 15) is 4.79 Å². The summed E-state index contributed by atoms with van der Waals surface area (Å²) in [6.45, 7) is 6.94. The van der Waals surface area contributed by atoms with E-state index in [1.54, 1.807) is 12.4 Å². The molecule has 2 aliphatic heterocycles. The Hall–Kier alpha value is -1.62. The summed E-state index contributed by atoms with van der Waals surface area (Å²) in [5.74, 6) is 1.77. The van der Waals surface area contributed by atoms with Crippen molar-refractivity contribution in [2.24, 2.45) is 11.8 Å². The summed E-state index contributed by atoms with van der Waals surface area (Å²) < 4.78 is 11.8. The molecule has 1 spiro atoms. The molecule has 0 unspecified atom stereocenters. The second-order valence-electron chi connectivity index (χ2n) is 6.75. The number of carbonyl (C=O) groups is 1. The van der Waals surface area contributed by atoms with Crippen LogP contribution in [0.5, 0.6) is 5.75 Å². The molecular formula is C17H24N2O3. The standard InChI is InChI=1S/C17H24N2O3/c1-13(2)8-16(20)19-11-17(12-19)14(5-7-22-17)10-21-15-4-3-6-18-9-15/h3-4,6,9,13-14H,5,7-8,10-12H2,1-2H3/t14-/m1/s1. The maximum absolute atomic E-state index is 12.1. The molecule has 2 aliphatic rings. The number of likely N-dealkylation sites (tertiary alicyclic amines) is 1. The zero-order valence-electron chi connectivity index (χ0n) is 13.3. The van der Waals surface area contributed by atoms with Gasteiger partial charge in [-0.3, -0.25) is 9.78 Å². The average Bonchev–Trinajstić information content (AvgIpc) is 2.87. The van der Waals surface area contributed by atoms with Crippen LogP contribution in [-0.2, 0) is 9.53 Å². The second-order valence-corrected chi connectivity index (χ2v) is 6.75. The predicted octanol–water partition coefficient (Wildman–Crippen LogP) is 2.12. The fraction of sp³-hybridized carbons (Fsp3) is 0.647. The van der Waals surface area contributed by atoms with Crippen molar-refractivity contribution in [3.63, 3.8) is 0 Å². The van der Waals surface area contributed by atoms with Crippen molar-refractivity contribution >= 4 is 5.91 Å². The molecule has 5 heteroatoms. The maximum Gasteiger partial charge on any atom is 0.223 e. The molecule has 1 amide bonds. The zero-order valence-corrected chi connectivity index (χ0v) is 13.3. The molecule has 0 N–H and O–H groups in total. The smallest absolute Gasteiger partial charge is 0.223 e. The van der Waals surface area contributed by atoms with E-state index in [1.165, 1.54) is 0 Å². The van der Waals surface area contributed by atoms with Crippen LogP contribution in [0.3, 0.4) is 0 Å². The first-order valence-corrected chi connectivity index (χ1v) is 8.03. The molecular weight excluding hydrogens is 280 g/mol. The lowest BCUT2D eigenvalue weighted by atomic mass is 9.81. The minimum absolute atomic E-state index is 0.186. The third-order valence-electron chi connectivity index (χ3n) is 4.54. The molecule has 120 valence electrons. The van der Waals surface area contributed by atoms with Crippen LogP contribution >= 0.6 is 0 Å². The monoisotopic (exact) mass is 304 g/mol. The van der Waals surface area contributed by atoms with Crippen LogP contribution in [0.4, 0.5) is 0 Å². The van der Waals surface area contributed by atoms with Gasteiger partial charge in [0.25, 0.3) is 0 Å². The van der Waals surface area contributed by atoms with Crippen molar-refractivity contribution in [3.05, 3.63) is 24.5 Å². The molecule has 1 aromatic heterocycles. The van der Waals surface area contributed by atoms with E-state index in [2.05, 4.69) is 18.8 Å². The van der Waals surface area contributed by atoms with Crippen molar-refractivity contribution in [1.82, 2.24) is 9.88 Å². The minimum atomic E-state index is -0.186. The van der Waals surface area contributed by atoms with E-state index >= 15 is 0 Å². The molecule has 2 saturated heterocycles. The van der Waals surface area contributed by atoms with Crippen LogP contribution in [0.2, 0.25) is 0 Å². The molecule has 1 atom stereocenters. The van der Waals surface area contributed by atoms with Crippen molar-refractivity contribution < 1.29 is 14.3 Å². The van der Waals surface area contributed by atoms with Crippen LogP contribution in [0.15, 0.2) is 24.5 Å². The lowest BCUT2D eigenvalue weighted by molar-refractivity contribution is -0.167. The van der Waals surface area contributed by atoms with Crippen LogP contribution in [0, 0.1) is 11.8 Å². The van der Waals surface area contributed by atoms with E-state index in [1.807, 2.05) is 17.0 Å². The van der Waals surface area contributed by atoms with Crippen LogP contribution in [-0.4, -0.2) is 47.7 Å². The molecule has 22 heavy (non-hydrogen) atoms. The zero-order chi connectivity index (χ0) is 15.6. The molecule has 0 aliphatic carbocycles. The summed E-state index contributed by atoms with van der Waals surface area (Å²) in [5, 5.41) is 0. The summed E-state index contributed by atoms with van der Waals surface area (Å²) in [6, 6.07) is 3.78. The fourth-order valence-corrected chi connectivity index (χ4v) is 3.25. The van der Waals surface area contributed by atoms with Gasteiger partial charge in [-0.25, -0.2) is 0 Å². The van der Waals surface area contributed by atoms with Crippen molar-refractivity contribution in [3.8, 4) is 5.75 Å². The lowest BCUT2D eigenvalue weighted by Gasteiger charge is -2.50. The predicted molar refractivity (Wildman–Crippen MR) is 82.6 cm³/mol. The van der Waals surface area contributed by atoms with Crippen molar-refractivity contribution in [2.45, 2.75) is 32.3 Å². The molecule has 0 aromatic carbocycles. The molecule has 3 heterocycles. The van der Waals surface area contributed by atoms with Gasteiger partial charge in [-0.15, -0.1) is 0 Å². The molecule has 2 fully saturated rings. The topological polar surface area (TPSA) is 51.7 Å². The molecule has 5 nitrogen and oxygen atoms in total. The van der Waals surface area contributed by atoms with Crippen LogP contribution in [0.1, 0.15) is 26.7 Å². The number of nitrogens with zero attached hydrogens (tertiary/aromatic N) is 2. The van der Waals surface area contributed by atoms with Crippen LogP contribution in [0.25, 0.3) is 0 Å². The normalized spacial score (nSPS) is 22.9. The number of rotatable bonds is 5. The largest absolute Gasteiger partial charge is 0.492 e. The highest BCUT2D eigenvalue weighted by atomic mass is 16.5. The first-order chi connectivity index (χ1) is 10.6. The SMILES string of the molecule is CC(C)CC(=O)N1CC2(C1)OCC[C@@H]2COc1cccnc1. The van der Waals surface area contributed by atoms with Gasteiger partial charge in [-0.05, 0) is 24.5 Å². The summed E-state index contributed by atoms with van der Waals surface area (Å²) in [4.78, 5) is 18.1. The van der Waals surface area contributed by atoms with Gasteiger partial charge in [0, 0.05) is 25.1 Å². The summed E-state index contributed by atoms with van der Waals surface area (Å²) in [6.07, 6.45) is 5.07. The minimum Gasteiger partial charge on any atom is -0.492 e. The van der Waals surface area contributed by atoms with Gasteiger partial charge >= 0.3 is 0 Å². The van der Waals surface area contributed by atoms with Gasteiger partial charge in [0.2, 0.25) is 5.91 Å². The van der Waals surface area contributed by atoms with Gasteiger partial charge in [0.05, 0.1) is 25.9 Å². The Kier molecular flexibility index (Phi) is 4.34. The number of ether oxygens (including phenoxy) is 2. The van der Waals surface area contributed by atoms with E-state index in [-0.39, 0.29) is 11.5 Å². The lowest BCUT2D eigenvalue weighted by Crippen LogP contribution is -2.66. The van der Waals surface area contributed by atoms with E-state index in [4.69, 9.17) is 9.47 Å². The molecule has 0 bridgehead atoms. The second kappa shape index (κ2) is 6.24. The van der Waals surface area contributed by atoms with Gasteiger partial charge in [-0.2, -0.15) is 0 Å². The number of hydrogen-bond donors (Lipinski definition) is 0. The maximum atomic E-state index is 12.1. The van der Waals surface area contributed by atoms with E-state index < -0.39 is 0 Å². The number of pyridine rings is 1. The van der Waals surface area contributed by atoms with Gasteiger partial charge in [-0.1, -0.05) is 13.8 Å². The summed E-state index contributed by atoms with van der Waals surface area (Å²) in [5.41, 5.74) is -0.186. The number of amides is 1. The third kappa shape index (κ3) is 3.09. The number of hydrogen-bond acceptors (Lipinski definition) is 4. The Labute approximate surface area is 131 Å². The average molecular weight is 304 g/mol. The highest BCUT2D eigenvalue weighted by molar-refractivity contribution is 5.77. The number of carbonyl (C=O) groups excluding carboxylic acids is 1. The highest BCUT2D eigenvalue weighted by Crippen LogP contribution is 2.40. The van der Waals surface area contributed by atoms with Gasteiger partial charge in [0.15, 0.2) is 0 Å². The van der Waals surface area contributed by atoms with Gasteiger partial charge < -0.3 is 14.4 Å². The number of aromatic nitrogens is 1. The molecule has 0 saturated carbocycles. The first kappa shape index (κ1) is 15.3. The Bertz CT molecular complexity index is 512. The first-order valence-electron chi connectivity index (χ1n) is 8.03. The van der Waals surface area contributed by atoms with E-state index in [0.717, 1.165) is 18.8 Å². The Morgan fingerprint density at radius 2 is 2.36 bits per heavy atom. The summed E-state index contributed by atoms with van der Waals surface area (Å²) >= 11 is 0. The highest BCUT2D eigenvalue weighted by Gasteiger charge is 2.54. The molecule has 3 rings (SSSR count). The fourth-order valence-electron chi connectivity index (χ4n) is 3.25. The molecule has 0 radical (unpaired) electrons. The van der Waals surface area contributed by atoms with Gasteiger partial charge in [0.1, 0.15) is 11.4 Å². The third-order valence-corrected chi connectivity index (χ3v) is 4.54. The van der Waals surface area contributed by atoms with E-state index in [0.29, 0.717) is 38.0 Å². The van der Waals surface area contributed by atoms with Crippen LogP contribution < -0.4 is 4.74 Å². The molecule has 1 aromatic rings. The summed E-state index contributed by atoms with van der Waals surface area (Å²) in [7, 11) is 0. The Balaban J connectivity index is 1.53. The van der Waals surface area contributed by atoms with Crippen molar-refractivity contribution in [1.29, 1.82) is 0 Å². The Morgan fingerprint density at radius 1 is 1.55 bits per heavy atom. The Morgan fingerprint density at radius 3 is 3.05 bits per heavy atom. The quantitative estimate of drug-likeness (QED) is 0.836.